The number of carbonyl (C=O) groups excluding carboxylic acids is 1. The summed E-state index contributed by atoms with van der Waals surface area (Å²) in [4.78, 5) is 20.4. The first-order chi connectivity index (χ1) is 9.49. The summed E-state index contributed by atoms with van der Waals surface area (Å²) < 4.78 is 5.40. The Hall–Kier alpha value is -2.41. The fourth-order valence-corrected chi connectivity index (χ4v) is 1.75. The molecule has 20 heavy (non-hydrogen) atoms. The highest BCUT2D eigenvalue weighted by Gasteiger charge is 2.11. The molecule has 2 rings (SSSR count). The first kappa shape index (κ1) is 14.0. The number of nitrogens with one attached hydrogen (secondary N) is 2. The molecule has 4 N–H and O–H groups in total. The van der Waals surface area contributed by atoms with Crippen LogP contribution in [-0.2, 0) is 6.54 Å². The average Bonchev–Trinajstić information content (AvgIpc) is 2.74. The SMILES string of the molecule is Cc1cc(C(=O)NCc2nc(C)c(C)o2)cc(NN)n1. The topological polar surface area (TPSA) is 106 Å². The summed E-state index contributed by atoms with van der Waals surface area (Å²) in [6, 6.07) is 3.26. The molecule has 0 aliphatic heterocycles. The molecule has 0 atom stereocenters. The van der Waals surface area contributed by atoms with E-state index in [1.165, 1.54) is 0 Å². The van der Waals surface area contributed by atoms with Gasteiger partial charge in [-0.15, -0.1) is 0 Å². The largest absolute Gasteiger partial charge is 0.444 e. The molecular weight excluding hydrogens is 258 g/mol. The lowest BCUT2D eigenvalue weighted by Crippen LogP contribution is -2.23. The van der Waals surface area contributed by atoms with Crippen molar-refractivity contribution in [3.63, 3.8) is 0 Å². The molecule has 7 nitrogen and oxygen atoms in total. The number of nitrogens with two attached hydrogens (primary N) is 1. The summed E-state index contributed by atoms with van der Waals surface area (Å²) >= 11 is 0. The van der Waals surface area contributed by atoms with Crippen molar-refractivity contribution in [2.24, 2.45) is 5.84 Å². The van der Waals surface area contributed by atoms with E-state index in [9.17, 15) is 4.79 Å². The standard InChI is InChI=1S/C13H17N5O2/c1-7-4-10(5-11(16-7)18-14)13(19)15-6-12-17-8(2)9(3)20-12/h4-5H,6,14H2,1-3H3,(H,15,19)(H,16,18). The second kappa shape index (κ2) is 5.70. The number of amides is 1. The van der Waals surface area contributed by atoms with Gasteiger partial charge in [0.15, 0.2) is 0 Å². The lowest BCUT2D eigenvalue weighted by molar-refractivity contribution is 0.0947. The molecule has 0 saturated heterocycles. The minimum absolute atomic E-state index is 0.236. The summed E-state index contributed by atoms with van der Waals surface area (Å²) in [5.74, 6) is 6.75. The van der Waals surface area contributed by atoms with Crippen LogP contribution in [0.2, 0.25) is 0 Å². The molecule has 1 amide bonds. The molecule has 0 radical (unpaired) electrons. The van der Waals surface area contributed by atoms with E-state index in [-0.39, 0.29) is 12.5 Å². The van der Waals surface area contributed by atoms with Crippen LogP contribution in [0.15, 0.2) is 16.5 Å². The first-order valence-electron chi connectivity index (χ1n) is 6.16. The van der Waals surface area contributed by atoms with E-state index in [0.29, 0.717) is 23.0 Å². The molecule has 0 aromatic carbocycles. The number of carbonyl (C=O) groups is 1. The second-order valence-corrected chi connectivity index (χ2v) is 4.46. The molecule has 0 bridgehead atoms. The summed E-state index contributed by atoms with van der Waals surface area (Å²) in [6.45, 7) is 5.72. The Labute approximate surface area is 116 Å². The molecule has 0 aliphatic carbocycles. The van der Waals surface area contributed by atoms with Gasteiger partial charge >= 0.3 is 0 Å². The maximum Gasteiger partial charge on any atom is 0.251 e. The predicted molar refractivity (Wildman–Crippen MR) is 73.9 cm³/mol. The Kier molecular flexibility index (Phi) is 3.99. The van der Waals surface area contributed by atoms with Gasteiger partial charge in [-0.2, -0.15) is 0 Å². The normalized spacial score (nSPS) is 10.4. The van der Waals surface area contributed by atoms with Gasteiger partial charge in [0.05, 0.1) is 12.2 Å². The number of anilines is 1. The third-order valence-electron chi connectivity index (χ3n) is 2.84. The number of hydrazine groups is 1. The van der Waals surface area contributed by atoms with E-state index in [4.69, 9.17) is 10.3 Å². The molecule has 2 aromatic rings. The van der Waals surface area contributed by atoms with Crippen molar-refractivity contribution in [3.8, 4) is 0 Å². The molecule has 2 aromatic heterocycles. The highest BCUT2D eigenvalue weighted by atomic mass is 16.4. The molecule has 0 aliphatic rings. The summed E-state index contributed by atoms with van der Waals surface area (Å²) in [5.41, 5.74) is 4.43. The summed E-state index contributed by atoms with van der Waals surface area (Å²) in [6.07, 6.45) is 0. The fourth-order valence-electron chi connectivity index (χ4n) is 1.75. The molecule has 0 spiro atoms. The fraction of sp³-hybridized carbons (Fsp3) is 0.308. The number of aromatic nitrogens is 2. The number of hydrogen-bond donors (Lipinski definition) is 3. The van der Waals surface area contributed by atoms with E-state index in [0.717, 1.165) is 11.5 Å². The van der Waals surface area contributed by atoms with Crippen LogP contribution in [0.3, 0.4) is 0 Å². The van der Waals surface area contributed by atoms with Crippen molar-refractivity contribution in [2.45, 2.75) is 27.3 Å². The van der Waals surface area contributed by atoms with E-state index in [2.05, 4.69) is 20.7 Å². The third-order valence-corrected chi connectivity index (χ3v) is 2.84. The van der Waals surface area contributed by atoms with Gasteiger partial charge in [-0.05, 0) is 32.9 Å². The van der Waals surface area contributed by atoms with Crippen LogP contribution in [0.5, 0.6) is 0 Å². The number of rotatable bonds is 4. The lowest BCUT2D eigenvalue weighted by Gasteiger charge is -2.06. The van der Waals surface area contributed by atoms with Crippen LogP contribution in [0.25, 0.3) is 0 Å². The Morgan fingerprint density at radius 2 is 2.05 bits per heavy atom. The minimum Gasteiger partial charge on any atom is -0.444 e. The van der Waals surface area contributed by atoms with Crippen molar-refractivity contribution in [3.05, 3.63) is 40.7 Å². The van der Waals surface area contributed by atoms with Crippen LogP contribution >= 0.6 is 0 Å². The van der Waals surface area contributed by atoms with Crippen LogP contribution in [-0.4, -0.2) is 15.9 Å². The van der Waals surface area contributed by atoms with Gasteiger partial charge in [-0.1, -0.05) is 0 Å². The van der Waals surface area contributed by atoms with Crippen molar-refractivity contribution in [1.82, 2.24) is 15.3 Å². The zero-order valence-corrected chi connectivity index (χ0v) is 11.7. The molecule has 106 valence electrons. The number of nitrogens with zero attached hydrogens (tertiary/aromatic N) is 2. The highest BCUT2D eigenvalue weighted by molar-refractivity contribution is 5.94. The van der Waals surface area contributed by atoms with Crippen molar-refractivity contribution in [2.75, 3.05) is 5.43 Å². The number of pyridine rings is 1. The Bertz CT molecular complexity index is 616. The van der Waals surface area contributed by atoms with Gasteiger partial charge in [0.1, 0.15) is 11.6 Å². The van der Waals surface area contributed by atoms with Crippen LogP contribution in [0.1, 0.15) is 33.4 Å². The third kappa shape index (κ3) is 3.12. The van der Waals surface area contributed by atoms with E-state index in [1.807, 2.05) is 13.8 Å². The van der Waals surface area contributed by atoms with Crippen LogP contribution in [0.4, 0.5) is 5.82 Å². The summed E-state index contributed by atoms with van der Waals surface area (Å²) in [5, 5.41) is 2.74. The number of nitrogen functional groups attached to an aromatic ring is 1. The zero-order chi connectivity index (χ0) is 14.7. The quantitative estimate of drug-likeness (QED) is 0.572. The van der Waals surface area contributed by atoms with Crippen LogP contribution in [0, 0.1) is 20.8 Å². The molecule has 2 heterocycles. The van der Waals surface area contributed by atoms with Gasteiger partial charge in [-0.25, -0.2) is 15.8 Å². The number of hydrogen-bond acceptors (Lipinski definition) is 6. The Morgan fingerprint density at radius 1 is 1.30 bits per heavy atom. The average molecular weight is 275 g/mol. The molecule has 0 saturated carbocycles. The van der Waals surface area contributed by atoms with E-state index < -0.39 is 0 Å². The molecule has 0 fully saturated rings. The zero-order valence-electron chi connectivity index (χ0n) is 11.7. The second-order valence-electron chi connectivity index (χ2n) is 4.46. The van der Waals surface area contributed by atoms with Crippen LogP contribution < -0.4 is 16.6 Å². The van der Waals surface area contributed by atoms with Crippen molar-refractivity contribution < 1.29 is 9.21 Å². The predicted octanol–water partition coefficient (Wildman–Crippen LogP) is 1.21. The molecular formula is C13H17N5O2. The van der Waals surface area contributed by atoms with Gasteiger partial charge in [-0.3, -0.25) is 4.79 Å². The lowest BCUT2D eigenvalue weighted by atomic mass is 10.2. The summed E-state index contributed by atoms with van der Waals surface area (Å²) in [7, 11) is 0. The van der Waals surface area contributed by atoms with Gasteiger partial charge in [0.25, 0.3) is 5.91 Å². The minimum atomic E-state index is -0.236. The van der Waals surface area contributed by atoms with Gasteiger partial charge < -0.3 is 15.2 Å². The molecule has 0 unspecified atom stereocenters. The number of aryl methyl sites for hydroxylation is 3. The van der Waals surface area contributed by atoms with Gasteiger partial charge in [0, 0.05) is 11.3 Å². The van der Waals surface area contributed by atoms with Gasteiger partial charge in [0.2, 0.25) is 5.89 Å². The Balaban J connectivity index is 2.06. The number of oxazole rings is 1. The smallest absolute Gasteiger partial charge is 0.251 e. The van der Waals surface area contributed by atoms with Crippen molar-refractivity contribution >= 4 is 11.7 Å². The monoisotopic (exact) mass is 275 g/mol. The molecule has 7 heteroatoms. The van der Waals surface area contributed by atoms with E-state index >= 15 is 0 Å². The Morgan fingerprint density at radius 3 is 2.65 bits per heavy atom. The maximum absolute atomic E-state index is 12.1. The first-order valence-corrected chi connectivity index (χ1v) is 6.16. The van der Waals surface area contributed by atoms with E-state index in [1.54, 1.807) is 19.1 Å². The highest BCUT2D eigenvalue weighted by Crippen LogP contribution is 2.10. The van der Waals surface area contributed by atoms with Crippen molar-refractivity contribution in [1.29, 1.82) is 0 Å². The maximum atomic E-state index is 12.1.